The zero-order chi connectivity index (χ0) is 18.9. The Hall–Kier alpha value is -0.610. The zero-order valence-corrected chi connectivity index (χ0v) is 19.5. The van der Waals surface area contributed by atoms with Crippen LogP contribution in [0.4, 0.5) is 0 Å². The minimum atomic E-state index is -0.205. The summed E-state index contributed by atoms with van der Waals surface area (Å²) >= 11 is 0. The first-order valence-electron chi connectivity index (χ1n) is 10.0. The summed E-state index contributed by atoms with van der Waals surface area (Å²) in [6.07, 6.45) is 3.78. The van der Waals surface area contributed by atoms with Crippen LogP contribution < -0.4 is 11.1 Å². The lowest BCUT2D eigenvalue weighted by molar-refractivity contribution is -0.119. The number of carbonyl (C=O) groups excluding carboxylic acids is 1. The summed E-state index contributed by atoms with van der Waals surface area (Å²) in [4.78, 5) is 20.6. The predicted molar refractivity (Wildman–Crippen MR) is 121 cm³/mol. The average Bonchev–Trinajstić information content (AvgIpc) is 2.61. The highest BCUT2D eigenvalue weighted by atomic mass is 127. The van der Waals surface area contributed by atoms with Crippen LogP contribution >= 0.6 is 24.0 Å². The van der Waals surface area contributed by atoms with Crippen LogP contribution in [0.25, 0.3) is 0 Å². The van der Waals surface area contributed by atoms with Crippen LogP contribution in [-0.4, -0.2) is 80.7 Å². The van der Waals surface area contributed by atoms with Crippen LogP contribution in [0.3, 0.4) is 0 Å². The van der Waals surface area contributed by atoms with Crippen LogP contribution in [0.2, 0.25) is 0 Å². The first kappa shape index (κ1) is 24.4. The SMILES string of the molecule is CN=C(NCC(CC(C)C)N1CCOCC1)N1CCCC(CC(N)=O)C1.I. The van der Waals surface area contributed by atoms with Crippen molar-refractivity contribution in [1.82, 2.24) is 15.1 Å². The van der Waals surface area contributed by atoms with E-state index in [9.17, 15) is 4.79 Å². The average molecular weight is 495 g/mol. The molecule has 2 heterocycles. The maximum absolute atomic E-state index is 11.2. The molecule has 1 amide bonds. The zero-order valence-electron chi connectivity index (χ0n) is 17.2. The van der Waals surface area contributed by atoms with Gasteiger partial charge in [0.05, 0.1) is 13.2 Å². The normalized spacial score (nSPS) is 23.0. The van der Waals surface area contributed by atoms with Gasteiger partial charge < -0.3 is 20.7 Å². The molecule has 0 bridgehead atoms. The van der Waals surface area contributed by atoms with Crippen LogP contribution in [0, 0.1) is 11.8 Å². The van der Waals surface area contributed by atoms with Gasteiger partial charge in [0.2, 0.25) is 5.91 Å². The van der Waals surface area contributed by atoms with Crippen LogP contribution in [-0.2, 0) is 9.53 Å². The number of hydrogen-bond donors (Lipinski definition) is 2. The number of hydrogen-bond acceptors (Lipinski definition) is 4. The van der Waals surface area contributed by atoms with E-state index in [-0.39, 0.29) is 29.9 Å². The highest BCUT2D eigenvalue weighted by Crippen LogP contribution is 2.19. The second-order valence-corrected chi connectivity index (χ2v) is 7.98. The minimum absolute atomic E-state index is 0. The van der Waals surface area contributed by atoms with Crippen LogP contribution in [0.5, 0.6) is 0 Å². The number of nitrogens with one attached hydrogen (secondary N) is 1. The van der Waals surface area contributed by atoms with E-state index in [1.165, 1.54) is 0 Å². The summed E-state index contributed by atoms with van der Waals surface area (Å²) in [7, 11) is 1.84. The summed E-state index contributed by atoms with van der Waals surface area (Å²) in [5.74, 6) is 1.73. The van der Waals surface area contributed by atoms with Gasteiger partial charge in [-0.3, -0.25) is 14.7 Å². The Morgan fingerprint density at radius 1 is 1.30 bits per heavy atom. The van der Waals surface area contributed by atoms with Gasteiger partial charge in [0.1, 0.15) is 0 Å². The van der Waals surface area contributed by atoms with Gasteiger partial charge >= 0.3 is 0 Å². The molecular formula is C19H38IN5O2. The third kappa shape index (κ3) is 8.51. The number of nitrogens with zero attached hydrogens (tertiary/aromatic N) is 3. The third-order valence-corrected chi connectivity index (χ3v) is 5.32. The van der Waals surface area contributed by atoms with Gasteiger partial charge in [-0.05, 0) is 31.1 Å². The molecule has 0 saturated carbocycles. The van der Waals surface area contributed by atoms with Gasteiger partial charge in [0.15, 0.2) is 5.96 Å². The number of morpholine rings is 1. The van der Waals surface area contributed by atoms with E-state index in [1.54, 1.807) is 0 Å². The number of halogens is 1. The number of amides is 1. The van der Waals surface area contributed by atoms with Crippen LogP contribution in [0.1, 0.15) is 39.5 Å². The van der Waals surface area contributed by atoms with Gasteiger partial charge in [-0.25, -0.2) is 0 Å². The molecule has 2 atom stereocenters. The Balaban J connectivity index is 0.00000364. The van der Waals surface area contributed by atoms with Gasteiger partial charge in [-0.2, -0.15) is 0 Å². The van der Waals surface area contributed by atoms with Crippen molar-refractivity contribution in [3.8, 4) is 0 Å². The first-order valence-corrected chi connectivity index (χ1v) is 10.0. The third-order valence-electron chi connectivity index (χ3n) is 5.32. The molecule has 2 unspecified atom stereocenters. The highest BCUT2D eigenvalue weighted by Gasteiger charge is 2.26. The number of rotatable bonds is 7. The standard InChI is InChI=1S/C19H37N5O2.HI/c1-15(2)11-17(23-7-9-26-10-8-23)13-22-19(21-3)24-6-4-5-16(14-24)12-18(20)25;/h15-17H,4-14H2,1-3H3,(H2,20,25)(H,21,22);1H. The Morgan fingerprint density at radius 3 is 2.59 bits per heavy atom. The summed E-state index contributed by atoms with van der Waals surface area (Å²) in [6, 6.07) is 0.488. The molecule has 0 aromatic carbocycles. The molecule has 2 aliphatic heterocycles. The van der Waals surface area contributed by atoms with Gasteiger partial charge in [-0.1, -0.05) is 13.8 Å². The van der Waals surface area contributed by atoms with Gasteiger partial charge in [0.25, 0.3) is 0 Å². The fourth-order valence-electron chi connectivity index (χ4n) is 4.10. The summed E-state index contributed by atoms with van der Waals surface area (Å²) in [5, 5.41) is 3.59. The Kier molecular flexibility index (Phi) is 11.6. The van der Waals surface area contributed by atoms with Crippen molar-refractivity contribution in [2.75, 3.05) is 53.0 Å². The van der Waals surface area contributed by atoms with Crippen LogP contribution in [0.15, 0.2) is 4.99 Å². The molecule has 158 valence electrons. The molecule has 7 nitrogen and oxygen atoms in total. The molecule has 2 fully saturated rings. The molecular weight excluding hydrogens is 457 g/mol. The number of ether oxygens (including phenoxy) is 1. The number of guanidine groups is 1. The molecule has 0 aromatic heterocycles. The molecule has 27 heavy (non-hydrogen) atoms. The first-order chi connectivity index (χ1) is 12.5. The minimum Gasteiger partial charge on any atom is -0.379 e. The van der Waals surface area contributed by atoms with E-state index in [4.69, 9.17) is 10.5 Å². The molecule has 2 aliphatic rings. The van der Waals surface area contributed by atoms with Crippen molar-refractivity contribution in [3.63, 3.8) is 0 Å². The Morgan fingerprint density at radius 2 is 2.00 bits per heavy atom. The number of primary amides is 1. The smallest absolute Gasteiger partial charge is 0.217 e. The monoisotopic (exact) mass is 495 g/mol. The van der Waals surface area contributed by atoms with Gasteiger partial charge in [-0.15, -0.1) is 24.0 Å². The van der Waals surface area contributed by atoms with E-state index in [0.29, 0.717) is 24.3 Å². The molecule has 0 spiro atoms. The van der Waals surface area contributed by atoms with E-state index < -0.39 is 0 Å². The van der Waals surface area contributed by atoms with Crippen molar-refractivity contribution in [1.29, 1.82) is 0 Å². The van der Waals surface area contributed by atoms with E-state index >= 15 is 0 Å². The Bertz CT molecular complexity index is 469. The summed E-state index contributed by atoms with van der Waals surface area (Å²) in [5.41, 5.74) is 5.39. The molecule has 0 aromatic rings. The molecule has 2 rings (SSSR count). The van der Waals surface area contributed by atoms with Gasteiger partial charge in [0, 0.05) is 52.2 Å². The number of piperidine rings is 1. The number of aliphatic imine (C=N–C) groups is 1. The molecule has 2 saturated heterocycles. The van der Waals surface area contributed by atoms with Crippen molar-refractivity contribution in [2.24, 2.45) is 22.6 Å². The lowest BCUT2D eigenvalue weighted by atomic mass is 9.95. The number of carbonyl (C=O) groups is 1. The maximum atomic E-state index is 11.2. The largest absolute Gasteiger partial charge is 0.379 e. The highest BCUT2D eigenvalue weighted by molar-refractivity contribution is 14.0. The molecule has 0 radical (unpaired) electrons. The fraction of sp³-hybridized carbons (Fsp3) is 0.895. The van der Waals surface area contributed by atoms with E-state index in [0.717, 1.165) is 71.2 Å². The number of nitrogens with two attached hydrogens (primary N) is 1. The second-order valence-electron chi connectivity index (χ2n) is 7.98. The lowest BCUT2D eigenvalue weighted by Gasteiger charge is -2.38. The van der Waals surface area contributed by atoms with Crippen molar-refractivity contribution < 1.29 is 9.53 Å². The summed E-state index contributed by atoms with van der Waals surface area (Å²) in [6.45, 7) is 10.9. The molecule has 3 N–H and O–H groups in total. The quantitative estimate of drug-likeness (QED) is 0.318. The molecule has 8 heteroatoms. The van der Waals surface area contributed by atoms with E-state index in [2.05, 4.69) is 34.0 Å². The second kappa shape index (κ2) is 12.8. The van der Waals surface area contributed by atoms with E-state index in [1.807, 2.05) is 7.05 Å². The number of likely N-dealkylation sites (tertiary alicyclic amines) is 1. The fourth-order valence-corrected chi connectivity index (χ4v) is 4.10. The summed E-state index contributed by atoms with van der Waals surface area (Å²) < 4.78 is 5.51. The van der Waals surface area contributed by atoms with Crippen molar-refractivity contribution >= 4 is 35.8 Å². The topological polar surface area (TPSA) is 83.2 Å². The lowest BCUT2D eigenvalue weighted by Crippen LogP contribution is -2.53. The van der Waals surface area contributed by atoms with Crippen molar-refractivity contribution in [3.05, 3.63) is 0 Å². The predicted octanol–water partition coefficient (Wildman–Crippen LogP) is 1.51. The maximum Gasteiger partial charge on any atom is 0.217 e. The Labute approximate surface area is 181 Å². The van der Waals surface area contributed by atoms with Crippen molar-refractivity contribution in [2.45, 2.75) is 45.6 Å². The molecule has 0 aliphatic carbocycles.